The maximum Gasteiger partial charge on any atom is 0.178 e. The summed E-state index contributed by atoms with van der Waals surface area (Å²) in [4.78, 5) is 3.22. The van der Waals surface area contributed by atoms with Crippen molar-refractivity contribution in [3.63, 3.8) is 0 Å². The topological polar surface area (TPSA) is 20.7 Å². The Morgan fingerprint density at radius 2 is 2.05 bits per heavy atom. The monoisotopic (exact) mass is 404 g/mol. The van der Waals surface area contributed by atoms with E-state index in [0.29, 0.717) is 9.61 Å². The van der Waals surface area contributed by atoms with Crippen LogP contribution in [0.5, 0.6) is 0 Å². The van der Waals surface area contributed by atoms with Crippen molar-refractivity contribution in [3.05, 3.63) is 26.3 Å². The highest BCUT2D eigenvalue weighted by Gasteiger charge is 2.23. The fourth-order valence-corrected chi connectivity index (χ4v) is 4.12. The first-order valence-electron chi connectivity index (χ1n) is 7.19. The zero-order chi connectivity index (χ0) is 14.3. The fraction of sp³-hybridized carbons (Fsp3) is 0.533. The van der Waals surface area contributed by atoms with Gasteiger partial charge >= 0.3 is 0 Å². The molecule has 0 saturated heterocycles. The predicted octanol–water partition coefficient (Wildman–Crippen LogP) is 5.58. The Morgan fingerprint density at radius 1 is 1.35 bits per heavy atom. The summed E-state index contributed by atoms with van der Waals surface area (Å²) in [5, 5.41) is 0. The molecule has 5 heteroatoms. The first-order valence-corrected chi connectivity index (χ1v) is 8.68. The molecule has 1 aliphatic rings. The smallest absolute Gasteiger partial charge is 0.178 e. The summed E-state index contributed by atoms with van der Waals surface area (Å²) < 4.78 is 17.3. The molecule has 1 fully saturated rings. The van der Waals surface area contributed by atoms with Gasteiger partial charge in [-0.25, -0.2) is 4.39 Å². The van der Waals surface area contributed by atoms with Crippen LogP contribution >= 0.6 is 34.8 Å². The van der Waals surface area contributed by atoms with Gasteiger partial charge in [-0.2, -0.15) is 0 Å². The molecule has 0 atom stereocenters. The average Bonchev–Trinajstić information content (AvgIpc) is 2.75. The minimum absolute atomic E-state index is 0.164. The Labute approximate surface area is 136 Å². The van der Waals surface area contributed by atoms with Crippen molar-refractivity contribution < 1.29 is 4.39 Å². The number of hydrogen-bond donors (Lipinski definition) is 1. The summed E-state index contributed by atoms with van der Waals surface area (Å²) >= 11 is 7.48. The molecule has 1 N–H and O–H groups in total. The van der Waals surface area contributed by atoms with Crippen LogP contribution in [0.4, 0.5) is 4.39 Å². The maximum absolute atomic E-state index is 13.9. The SMILES string of the molecule is CCC1CCC(n2c(=S)[nH]c3cc(I)c(F)cc32)CC1. The van der Waals surface area contributed by atoms with Crippen LogP contribution in [0.1, 0.15) is 45.1 Å². The highest BCUT2D eigenvalue weighted by molar-refractivity contribution is 14.1. The number of benzene rings is 1. The van der Waals surface area contributed by atoms with E-state index < -0.39 is 0 Å². The molecule has 2 aromatic rings. The molecule has 1 aromatic heterocycles. The van der Waals surface area contributed by atoms with Gasteiger partial charge < -0.3 is 9.55 Å². The van der Waals surface area contributed by atoms with Crippen molar-refractivity contribution in [1.82, 2.24) is 9.55 Å². The van der Waals surface area contributed by atoms with Crippen LogP contribution in [0.3, 0.4) is 0 Å². The Morgan fingerprint density at radius 3 is 2.70 bits per heavy atom. The first-order chi connectivity index (χ1) is 9.60. The van der Waals surface area contributed by atoms with Crippen LogP contribution in [-0.2, 0) is 0 Å². The number of halogens is 2. The lowest BCUT2D eigenvalue weighted by Gasteiger charge is -2.29. The second-order valence-corrected chi connectivity index (χ2v) is 7.22. The lowest BCUT2D eigenvalue weighted by Crippen LogP contribution is -2.18. The lowest BCUT2D eigenvalue weighted by molar-refractivity contribution is 0.271. The van der Waals surface area contributed by atoms with Gasteiger partial charge in [0.1, 0.15) is 5.82 Å². The van der Waals surface area contributed by atoms with Gasteiger partial charge in [0.05, 0.1) is 14.6 Å². The lowest BCUT2D eigenvalue weighted by atomic mass is 9.84. The Kier molecular flexibility index (Phi) is 4.17. The van der Waals surface area contributed by atoms with Crippen molar-refractivity contribution in [1.29, 1.82) is 0 Å². The van der Waals surface area contributed by atoms with E-state index in [0.717, 1.165) is 34.6 Å². The molecule has 0 unspecified atom stereocenters. The molecule has 2 nitrogen and oxygen atoms in total. The van der Waals surface area contributed by atoms with Gasteiger partial charge in [-0.1, -0.05) is 13.3 Å². The molecule has 1 heterocycles. The summed E-state index contributed by atoms with van der Waals surface area (Å²) in [7, 11) is 0. The van der Waals surface area contributed by atoms with Gasteiger partial charge in [0, 0.05) is 12.1 Å². The molecule has 3 rings (SSSR count). The standard InChI is InChI=1S/C15H18FIN2S/c1-2-9-3-5-10(6-4-9)19-14-7-11(16)12(17)8-13(14)18-15(19)20/h7-10H,2-6H2,1H3,(H,18,20). The quantitative estimate of drug-likeness (QED) is 0.512. The van der Waals surface area contributed by atoms with Crippen LogP contribution in [0.25, 0.3) is 11.0 Å². The molecule has 0 bridgehead atoms. The van der Waals surface area contributed by atoms with Crippen LogP contribution in [0.15, 0.2) is 12.1 Å². The summed E-state index contributed by atoms with van der Waals surface area (Å²) in [5.41, 5.74) is 1.85. The van der Waals surface area contributed by atoms with E-state index in [2.05, 4.69) is 16.5 Å². The normalized spacial score (nSPS) is 23.4. The third-order valence-corrected chi connectivity index (χ3v) is 5.64. The highest BCUT2D eigenvalue weighted by atomic mass is 127. The maximum atomic E-state index is 13.9. The second-order valence-electron chi connectivity index (χ2n) is 5.67. The second kappa shape index (κ2) is 5.75. The van der Waals surface area contributed by atoms with Crippen molar-refractivity contribution in [3.8, 4) is 0 Å². The third-order valence-electron chi connectivity index (χ3n) is 4.52. The molecule has 108 valence electrons. The van der Waals surface area contributed by atoms with Gasteiger partial charge in [-0.3, -0.25) is 0 Å². The van der Waals surface area contributed by atoms with E-state index >= 15 is 0 Å². The summed E-state index contributed by atoms with van der Waals surface area (Å²) in [6.45, 7) is 2.26. The van der Waals surface area contributed by atoms with Gasteiger partial charge in [0.2, 0.25) is 0 Å². The summed E-state index contributed by atoms with van der Waals surface area (Å²) in [6.07, 6.45) is 6.06. The molecule has 1 aliphatic carbocycles. The molecule has 0 aliphatic heterocycles. The molecular formula is C15H18FIN2S. The van der Waals surface area contributed by atoms with Gasteiger partial charge in [0.25, 0.3) is 0 Å². The van der Waals surface area contributed by atoms with Crippen LogP contribution < -0.4 is 0 Å². The van der Waals surface area contributed by atoms with Crippen LogP contribution in [0, 0.1) is 20.1 Å². The third kappa shape index (κ3) is 2.54. The number of nitrogens with one attached hydrogen (secondary N) is 1. The van der Waals surface area contributed by atoms with E-state index in [4.69, 9.17) is 12.2 Å². The number of fused-ring (bicyclic) bond motifs is 1. The van der Waals surface area contributed by atoms with E-state index in [1.165, 1.54) is 19.3 Å². The fourth-order valence-electron chi connectivity index (χ4n) is 3.29. The molecule has 0 spiro atoms. The molecule has 0 amide bonds. The molecule has 0 radical (unpaired) electrons. The van der Waals surface area contributed by atoms with Gasteiger partial charge in [-0.15, -0.1) is 0 Å². The molecular weight excluding hydrogens is 386 g/mol. The molecule has 20 heavy (non-hydrogen) atoms. The van der Waals surface area contributed by atoms with E-state index in [9.17, 15) is 4.39 Å². The predicted molar refractivity (Wildman–Crippen MR) is 91.1 cm³/mol. The number of imidazole rings is 1. The van der Waals surface area contributed by atoms with Crippen molar-refractivity contribution in [2.24, 2.45) is 5.92 Å². The number of H-pyrrole nitrogens is 1. The summed E-state index contributed by atoms with van der Waals surface area (Å²) in [5.74, 6) is 0.686. The summed E-state index contributed by atoms with van der Waals surface area (Å²) in [6, 6.07) is 3.88. The zero-order valence-electron chi connectivity index (χ0n) is 11.5. The van der Waals surface area contributed by atoms with Gasteiger partial charge in [-0.05, 0) is 72.5 Å². The van der Waals surface area contributed by atoms with E-state index in [-0.39, 0.29) is 5.82 Å². The minimum Gasteiger partial charge on any atom is -0.331 e. The first kappa shape index (κ1) is 14.5. The average molecular weight is 404 g/mol. The van der Waals surface area contributed by atoms with Crippen molar-refractivity contribution >= 4 is 45.8 Å². The Bertz CT molecular complexity index is 683. The zero-order valence-corrected chi connectivity index (χ0v) is 14.4. The number of rotatable bonds is 2. The van der Waals surface area contributed by atoms with Crippen LogP contribution in [-0.4, -0.2) is 9.55 Å². The Hall–Kier alpha value is -0.430. The number of aromatic amines is 1. The van der Waals surface area contributed by atoms with Crippen molar-refractivity contribution in [2.45, 2.75) is 45.1 Å². The number of aromatic nitrogens is 2. The number of hydrogen-bond acceptors (Lipinski definition) is 1. The van der Waals surface area contributed by atoms with Crippen LogP contribution in [0.2, 0.25) is 0 Å². The van der Waals surface area contributed by atoms with E-state index in [1.807, 2.05) is 28.7 Å². The van der Waals surface area contributed by atoms with Crippen molar-refractivity contribution in [2.75, 3.05) is 0 Å². The van der Waals surface area contributed by atoms with Gasteiger partial charge in [0.15, 0.2) is 4.77 Å². The largest absolute Gasteiger partial charge is 0.331 e. The minimum atomic E-state index is -0.164. The number of nitrogens with zero attached hydrogens (tertiary/aromatic N) is 1. The van der Waals surface area contributed by atoms with E-state index in [1.54, 1.807) is 6.07 Å². The Balaban J connectivity index is 2.01. The molecule has 1 aromatic carbocycles. The highest BCUT2D eigenvalue weighted by Crippen LogP contribution is 2.36. The molecule has 1 saturated carbocycles.